The lowest BCUT2D eigenvalue weighted by Gasteiger charge is -2.15. The summed E-state index contributed by atoms with van der Waals surface area (Å²) in [5, 5.41) is 36.7. The van der Waals surface area contributed by atoms with Crippen LogP contribution in [0.5, 0.6) is 0 Å². The number of unbranched alkanes of at least 4 members (excludes halogenated alkanes) is 14. The predicted octanol–water partition coefficient (Wildman–Crippen LogP) is 3.64. The molecule has 1 aliphatic rings. The standard InChI is InChI=1S/C18H36O2.C10H15N3O5/c1-2-3-4-5-6-7-8-9-10-11-12-13-14-15-16-17-18(19)20;11-7-1-2-13(10(17)12-7)3-5-8(15)9(16)6(4-14)18-5/h2-17H2,1H3,(H,19,20);1-2,5-6,8-9,14-16H,3-4H2,(H2,11,12,17)/t;5-,6+,8-,9+/m.0/s1. The van der Waals surface area contributed by atoms with Crippen LogP contribution in [-0.2, 0) is 16.1 Å². The average Bonchev–Trinajstić information content (AvgIpc) is 3.16. The van der Waals surface area contributed by atoms with Crippen LogP contribution >= 0.6 is 0 Å². The molecule has 0 aliphatic carbocycles. The summed E-state index contributed by atoms with van der Waals surface area (Å²) in [4.78, 5) is 25.4. The van der Waals surface area contributed by atoms with Crippen molar-refractivity contribution in [1.82, 2.24) is 9.55 Å². The molecule has 2 heterocycles. The van der Waals surface area contributed by atoms with Crippen LogP contribution < -0.4 is 11.4 Å². The van der Waals surface area contributed by atoms with Gasteiger partial charge >= 0.3 is 11.7 Å². The number of nitrogens with two attached hydrogens (primary N) is 1. The monoisotopic (exact) mass is 541 g/mol. The van der Waals surface area contributed by atoms with Gasteiger partial charge in [-0.2, -0.15) is 4.98 Å². The summed E-state index contributed by atoms with van der Waals surface area (Å²) in [5.74, 6) is -0.544. The Labute approximate surface area is 227 Å². The second kappa shape index (κ2) is 20.9. The summed E-state index contributed by atoms with van der Waals surface area (Å²) in [6.07, 6.45) is 17.7. The second-order valence-electron chi connectivity index (χ2n) is 10.3. The Hall–Kier alpha value is -2.01. The molecule has 0 unspecified atom stereocenters. The Balaban J connectivity index is 0.000000381. The molecular weight excluding hydrogens is 490 g/mol. The van der Waals surface area contributed by atoms with Crippen molar-refractivity contribution in [3.05, 3.63) is 22.7 Å². The van der Waals surface area contributed by atoms with Crippen LogP contribution in [0.2, 0.25) is 0 Å². The molecule has 2 rings (SSSR count). The van der Waals surface area contributed by atoms with Gasteiger partial charge in [-0.25, -0.2) is 4.79 Å². The van der Waals surface area contributed by atoms with Crippen molar-refractivity contribution >= 4 is 11.8 Å². The zero-order valence-electron chi connectivity index (χ0n) is 23.2. The van der Waals surface area contributed by atoms with Crippen LogP contribution in [0.25, 0.3) is 0 Å². The van der Waals surface area contributed by atoms with Crippen LogP contribution in [0.15, 0.2) is 17.1 Å². The topological polar surface area (TPSA) is 168 Å². The van der Waals surface area contributed by atoms with Crippen molar-refractivity contribution in [3.8, 4) is 0 Å². The lowest BCUT2D eigenvalue weighted by atomic mass is 10.0. The fourth-order valence-electron chi connectivity index (χ4n) is 4.55. The number of aliphatic hydroxyl groups excluding tert-OH is 3. The number of aliphatic hydroxyl groups is 3. The number of aliphatic carboxylic acids is 1. The van der Waals surface area contributed by atoms with Gasteiger partial charge in [0.25, 0.3) is 0 Å². The molecule has 0 aromatic carbocycles. The van der Waals surface area contributed by atoms with Crippen molar-refractivity contribution in [2.24, 2.45) is 0 Å². The minimum Gasteiger partial charge on any atom is -0.481 e. The largest absolute Gasteiger partial charge is 0.481 e. The molecule has 0 spiro atoms. The van der Waals surface area contributed by atoms with Gasteiger partial charge in [0.15, 0.2) is 0 Å². The second-order valence-corrected chi connectivity index (χ2v) is 10.3. The first-order valence-corrected chi connectivity index (χ1v) is 14.5. The molecule has 1 fully saturated rings. The van der Waals surface area contributed by atoms with Gasteiger partial charge in [-0.3, -0.25) is 9.36 Å². The van der Waals surface area contributed by atoms with E-state index in [1.54, 1.807) is 0 Å². The predicted molar refractivity (Wildman–Crippen MR) is 148 cm³/mol. The normalized spacial score (nSPS) is 20.7. The van der Waals surface area contributed by atoms with E-state index in [1.807, 2.05) is 0 Å². The molecule has 220 valence electrons. The van der Waals surface area contributed by atoms with Crippen LogP contribution in [0, 0.1) is 0 Å². The van der Waals surface area contributed by atoms with Gasteiger partial charge < -0.3 is 30.9 Å². The van der Waals surface area contributed by atoms with E-state index in [4.69, 9.17) is 20.7 Å². The molecule has 10 heteroatoms. The first kappa shape index (κ1) is 34.0. The number of rotatable bonds is 19. The van der Waals surface area contributed by atoms with E-state index in [1.165, 1.54) is 100 Å². The molecule has 1 aromatic heterocycles. The summed E-state index contributed by atoms with van der Waals surface area (Å²) < 4.78 is 6.47. The Morgan fingerprint density at radius 3 is 1.79 bits per heavy atom. The first-order valence-electron chi connectivity index (χ1n) is 14.5. The highest BCUT2D eigenvalue weighted by Gasteiger charge is 2.42. The molecule has 4 atom stereocenters. The number of ether oxygens (including phenoxy) is 1. The third-order valence-corrected chi connectivity index (χ3v) is 6.91. The molecule has 38 heavy (non-hydrogen) atoms. The number of aromatic nitrogens is 2. The Morgan fingerprint density at radius 2 is 1.37 bits per heavy atom. The van der Waals surface area contributed by atoms with E-state index >= 15 is 0 Å². The van der Waals surface area contributed by atoms with Gasteiger partial charge in [0.05, 0.1) is 13.2 Å². The highest BCUT2D eigenvalue weighted by molar-refractivity contribution is 5.66. The maximum absolute atomic E-state index is 11.5. The number of nitrogen functional groups attached to an aromatic ring is 1. The van der Waals surface area contributed by atoms with Crippen LogP contribution in [0.1, 0.15) is 110 Å². The number of hydrogen-bond acceptors (Lipinski definition) is 8. The fourth-order valence-corrected chi connectivity index (χ4v) is 4.55. The molecule has 6 N–H and O–H groups in total. The number of nitrogens with zero attached hydrogens (tertiary/aromatic N) is 2. The lowest BCUT2D eigenvalue weighted by Crippen LogP contribution is -2.37. The van der Waals surface area contributed by atoms with Gasteiger partial charge in [0.2, 0.25) is 0 Å². The molecule has 0 radical (unpaired) electrons. The molecule has 0 amide bonds. The molecule has 1 aliphatic heterocycles. The van der Waals surface area contributed by atoms with Gasteiger partial charge in [0.1, 0.15) is 30.2 Å². The first-order chi connectivity index (χ1) is 18.3. The summed E-state index contributed by atoms with van der Waals surface area (Å²) in [6, 6.07) is 1.45. The molecule has 1 saturated heterocycles. The third-order valence-electron chi connectivity index (χ3n) is 6.91. The van der Waals surface area contributed by atoms with Crippen molar-refractivity contribution in [2.45, 2.75) is 141 Å². The zero-order chi connectivity index (χ0) is 28.2. The van der Waals surface area contributed by atoms with Crippen LogP contribution in [0.3, 0.4) is 0 Å². The van der Waals surface area contributed by atoms with Gasteiger partial charge in [-0.05, 0) is 12.5 Å². The molecule has 0 saturated carbocycles. The minimum absolute atomic E-state index is 0.0286. The Kier molecular flexibility index (Phi) is 18.7. The molecule has 0 bridgehead atoms. The number of hydrogen-bond donors (Lipinski definition) is 5. The highest BCUT2D eigenvalue weighted by atomic mass is 16.6. The number of anilines is 1. The molecule has 10 nitrogen and oxygen atoms in total. The Morgan fingerprint density at radius 1 is 0.895 bits per heavy atom. The maximum Gasteiger partial charge on any atom is 0.349 e. The average molecular weight is 542 g/mol. The number of carbonyl (C=O) groups is 1. The van der Waals surface area contributed by atoms with Gasteiger partial charge in [-0.15, -0.1) is 0 Å². The zero-order valence-corrected chi connectivity index (χ0v) is 23.2. The van der Waals surface area contributed by atoms with E-state index in [2.05, 4.69) is 11.9 Å². The van der Waals surface area contributed by atoms with E-state index in [9.17, 15) is 19.8 Å². The van der Waals surface area contributed by atoms with E-state index in [0.717, 1.165) is 12.8 Å². The summed E-state index contributed by atoms with van der Waals surface area (Å²) in [7, 11) is 0. The van der Waals surface area contributed by atoms with Crippen molar-refractivity contribution in [1.29, 1.82) is 0 Å². The number of carboxylic acid groups (broad SMARTS) is 1. The molecule has 1 aromatic rings. The van der Waals surface area contributed by atoms with Gasteiger partial charge in [-0.1, -0.05) is 96.8 Å². The van der Waals surface area contributed by atoms with E-state index in [0.29, 0.717) is 6.42 Å². The van der Waals surface area contributed by atoms with Crippen molar-refractivity contribution < 1.29 is 30.0 Å². The lowest BCUT2D eigenvalue weighted by molar-refractivity contribution is -0.137. The smallest absolute Gasteiger partial charge is 0.349 e. The summed E-state index contributed by atoms with van der Waals surface area (Å²) >= 11 is 0. The SMILES string of the molecule is CCCCCCCCCCCCCCCCCC(=O)O.Nc1ccn(C[C@@H]2O[C@H](CO)[C@@H](O)[C@H]2O)c(=O)n1. The van der Waals surface area contributed by atoms with Crippen LogP contribution in [0.4, 0.5) is 5.82 Å². The number of carboxylic acids is 1. The minimum atomic E-state index is -1.17. The van der Waals surface area contributed by atoms with Crippen molar-refractivity contribution in [3.63, 3.8) is 0 Å². The van der Waals surface area contributed by atoms with Crippen LogP contribution in [-0.4, -0.2) is 67.0 Å². The molecular formula is C28H51N3O7. The highest BCUT2D eigenvalue weighted by Crippen LogP contribution is 2.22. The van der Waals surface area contributed by atoms with Gasteiger partial charge in [0, 0.05) is 12.6 Å². The fraction of sp³-hybridized carbons (Fsp3) is 0.821. The Bertz CT molecular complexity index is 805. The van der Waals surface area contributed by atoms with E-state index < -0.39 is 42.7 Å². The summed E-state index contributed by atoms with van der Waals surface area (Å²) in [6.45, 7) is 1.90. The third kappa shape index (κ3) is 14.8. The quantitative estimate of drug-likeness (QED) is 0.164. The van der Waals surface area contributed by atoms with Crippen molar-refractivity contribution in [2.75, 3.05) is 12.3 Å². The maximum atomic E-state index is 11.5. The summed E-state index contributed by atoms with van der Waals surface area (Å²) in [5.41, 5.74) is 4.79. The van der Waals surface area contributed by atoms with E-state index in [-0.39, 0.29) is 12.4 Å².